The first-order valence-electron chi connectivity index (χ1n) is 11.3. The summed E-state index contributed by atoms with van der Waals surface area (Å²) in [5.74, 6) is 0.568. The summed E-state index contributed by atoms with van der Waals surface area (Å²) >= 11 is 0. The molecule has 0 aliphatic carbocycles. The minimum absolute atomic E-state index is 0.280. The third kappa shape index (κ3) is 3.76. The molecule has 1 amide bonds. The van der Waals surface area contributed by atoms with E-state index in [0.29, 0.717) is 22.8 Å². The fraction of sp³-hybridized carbons (Fsp3) is 0.222. The number of isocyanates is 1. The number of methoxy groups -OCH3 is 1. The number of para-hydroxylation sites is 2. The van der Waals surface area contributed by atoms with E-state index in [4.69, 9.17) is 4.74 Å². The number of rotatable bonds is 4. The molecule has 0 unspecified atom stereocenters. The first-order valence-corrected chi connectivity index (χ1v) is 11.3. The van der Waals surface area contributed by atoms with E-state index in [1.807, 2.05) is 31.2 Å². The largest absolute Gasteiger partial charge is 0.496 e. The van der Waals surface area contributed by atoms with Crippen molar-refractivity contribution in [3.05, 3.63) is 77.6 Å². The summed E-state index contributed by atoms with van der Waals surface area (Å²) in [6, 6.07) is 19.2. The minimum Gasteiger partial charge on any atom is -0.496 e. The lowest BCUT2D eigenvalue weighted by molar-refractivity contribution is -0.330. The highest BCUT2D eigenvalue weighted by Gasteiger charge is 2.31. The lowest BCUT2D eigenvalue weighted by atomic mass is 10.1. The molecule has 0 fully saturated rings. The Hall–Kier alpha value is -4.22. The zero-order chi connectivity index (χ0) is 23.7. The van der Waals surface area contributed by atoms with Gasteiger partial charge in [-0.1, -0.05) is 24.3 Å². The van der Waals surface area contributed by atoms with Gasteiger partial charge in [0.25, 0.3) is 5.69 Å². The molecule has 0 saturated carbocycles. The number of hydrogen-bond acceptors (Lipinski definition) is 5. The molecule has 1 aliphatic rings. The Balaban J connectivity index is 1.55. The van der Waals surface area contributed by atoms with Crippen molar-refractivity contribution in [1.29, 1.82) is 0 Å². The number of aryl methyl sites for hydroxylation is 2. The zero-order valence-electron chi connectivity index (χ0n) is 19.2. The maximum Gasteiger partial charge on any atom is 0.440 e. The summed E-state index contributed by atoms with van der Waals surface area (Å²) in [7, 11) is 1.53. The van der Waals surface area contributed by atoms with Gasteiger partial charge >= 0.3 is 12.0 Å². The van der Waals surface area contributed by atoms with Crippen LogP contribution in [0.5, 0.6) is 5.75 Å². The summed E-state index contributed by atoms with van der Waals surface area (Å²) < 4.78 is 6.57. The zero-order valence-corrected chi connectivity index (χ0v) is 19.2. The fourth-order valence-corrected chi connectivity index (χ4v) is 4.63. The number of amides is 1. The average molecular weight is 454 g/mol. The first-order chi connectivity index (χ1) is 16.6. The Bertz CT molecular complexity index is 1450. The molecule has 7 nitrogen and oxygen atoms in total. The first kappa shape index (κ1) is 21.6. The molecule has 7 heteroatoms. The van der Waals surface area contributed by atoms with Gasteiger partial charge in [0.2, 0.25) is 0 Å². The minimum atomic E-state index is -0.525. The van der Waals surface area contributed by atoms with Gasteiger partial charge in [0, 0.05) is 30.1 Å². The molecular formula is C27H25N4O3+. The molecule has 1 aromatic heterocycles. The number of benzene rings is 3. The SMILES string of the molecule is COc1cc(N2CCCCc3ccccc32)ccc1C(=O)[N+](=C=O)c1cccc2[nH]c(C)nc12. The molecule has 0 radical (unpaired) electrons. The normalized spacial score (nSPS) is 13.2. The van der Waals surface area contributed by atoms with Crippen molar-refractivity contribution in [1.82, 2.24) is 9.97 Å². The molecule has 0 spiro atoms. The topological polar surface area (TPSA) is 78.3 Å². The van der Waals surface area contributed by atoms with Crippen LogP contribution in [0.3, 0.4) is 0 Å². The van der Waals surface area contributed by atoms with Crippen molar-refractivity contribution in [2.24, 2.45) is 0 Å². The highest BCUT2D eigenvalue weighted by atomic mass is 16.5. The third-order valence-electron chi connectivity index (χ3n) is 6.23. The van der Waals surface area contributed by atoms with Crippen molar-refractivity contribution in [3.8, 4) is 5.75 Å². The van der Waals surface area contributed by atoms with E-state index in [-0.39, 0.29) is 5.56 Å². The van der Waals surface area contributed by atoms with E-state index >= 15 is 0 Å². The van der Waals surface area contributed by atoms with Crippen molar-refractivity contribution >= 4 is 40.1 Å². The Morgan fingerprint density at radius 1 is 1.12 bits per heavy atom. The van der Waals surface area contributed by atoms with E-state index in [0.717, 1.165) is 41.6 Å². The number of nitrogens with zero attached hydrogens (tertiary/aromatic N) is 3. The van der Waals surface area contributed by atoms with Crippen LogP contribution in [0.25, 0.3) is 11.0 Å². The molecule has 1 aliphatic heterocycles. The third-order valence-corrected chi connectivity index (χ3v) is 6.23. The van der Waals surface area contributed by atoms with Crippen LogP contribution < -0.4 is 9.64 Å². The molecule has 0 bridgehead atoms. The number of H-pyrrole nitrogens is 1. The van der Waals surface area contributed by atoms with E-state index in [2.05, 4.69) is 33.1 Å². The van der Waals surface area contributed by atoms with Crippen LogP contribution in [0.15, 0.2) is 60.7 Å². The lowest BCUT2D eigenvalue weighted by Crippen LogP contribution is -2.20. The summed E-state index contributed by atoms with van der Waals surface area (Å²) in [4.78, 5) is 35.3. The number of hydrogen-bond donors (Lipinski definition) is 1. The van der Waals surface area contributed by atoms with Gasteiger partial charge < -0.3 is 14.6 Å². The standard InChI is InChI=1S/C27H25N4O3/c1-18-28-22-10-7-12-24(26(22)29-18)31(17-32)27(33)21-14-13-20(16-25(21)34-2)30-15-6-5-9-19-8-3-4-11-23(19)30/h3-4,7-8,10-14,16H,5-6,9,15H2,1-2H3,(H,28,29)/q+1. The number of nitrogens with one attached hydrogen (secondary N) is 1. The second-order valence-electron chi connectivity index (χ2n) is 8.35. The Kier molecular flexibility index (Phi) is 5.70. The number of aromatic amines is 1. The van der Waals surface area contributed by atoms with Gasteiger partial charge in [-0.2, -0.15) is 4.79 Å². The molecule has 3 aromatic carbocycles. The van der Waals surface area contributed by atoms with Crippen LogP contribution in [0, 0.1) is 6.92 Å². The van der Waals surface area contributed by atoms with E-state index in [1.165, 1.54) is 18.4 Å². The van der Waals surface area contributed by atoms with Crippen LogP contribution in [0.1, 0.15) is 34.6 Å². The van der Waals surface area contributed by atoms with Crippen LogP contribution >= 0.6 is 0 Å². The predicted octanol–water partition coefficient (Wildman–Crippen LogP) is 5.17. The van der Waals surface area contributed by atoms with Gasteiger partial charge in [0.1, 0.15) is 17.1 Å². The average Bonchev–Trinajstić information content (AvgIpc) is 3.12. The van der Waals surface area contributed by atoms with Crippen molar-refractivity contribution in [2.45, 2.75) is 26.2 Å². The molecule has 34 heavy (non-hydrogen) atoms. The predicted molar refractivity (Wildman–Crippen MR) is 130 cm³/mol. The molecule has 0 saturated heterocycles. The maximum atomic E-state index is 13.5. The number of imidazole rings is 1. The summed E-state index contributed by atoms with van der Waals surface area (Å²) in [5, 5.41) is 0. The van der Waals surface area contributed by atoms with Gasteiger partial charge in [0.15, 0.2) is 5.52 Å². The fourth-order valence-electron chi connectivity index (χ4n) is 4.63. The second-order valence-corrected chi connectivity index (χ2v) is 8.35. The monoisotopic (exact) mass is 453 g/mol. The number of ether oxygens (including phenoxy) is 1. The van der Waals surface area contributed by atoms with Crippen LogP contribution in [0.4, 0.5) is 17.1 Å². The molecule has 4 aromatic rings. The Labute approximate surface area is 197 Å². The number of anilines is 2. The molecule has 1 N–H and O–H groups in total. The number of aromatic nitrogens is 2. The molecule has 170 valence electrons. The van der Waals surface area contributed by atoms with Crippen LogP contribution in [-0.4, -0.2) is 40.2 Å². The number of carbonyl (C=O) groups is 1. The lowest BCUT2D eigenvalue weighted by Gasteiger charge is -2.25. The maximum absolute atomic E-state index is 13.5. The van der Waals surface area contributed by atoms with Gasteiger partial charge in [-0.15, -0.1) is 0 Å². The van der Waals surface area contributed by atoms with E-state index in [1.54, 1.807) is 24.3 Å². The molecule has 2 heterocycles. The second kappa shape index (κ2) is 8.96. The number of fused-ring (bicyclic) bond motifs is 2. The quantitative estimate of drug-likeness (QED) is 0.262. The van der Waals surface area contributed by atoms with Crippen molar-refractivity contribution < 1.29 is 18.9 Å². The molecule has 5 rings (SSSR count). The number of carbonyl (C=O) groups excluding carboxylic acids is 2. The van der Waals surface area contributed by atoms with Crippen LogP contribution in [-0.2, 0) is 11.2 Å². The van der Waals surface area contributed by atoms with E-state index < -0.39 is 5.91 Å². The highest BCUT2D eigenvalue weighted by molar-refractivity contribution is 5.97. The highest BCUT2D eigenvalue weighted by Crippen LogP contribution is 2.36. The Morgan fingerprint density at radius 2 is 1.97 bits per heavy atom. The van der Waals surface area contributed by atoms with Crippen LogP contribution in [0.2, 0.25) is 0 Å². The summed E-state index contributed by atoms with van der Waals surface area (Å²) in [5.41, 5.74) is 5.34. The smallest absolute Gasteiger partial charge is 0.440 e. The van der Waals surface area contributed by atoms with E-state index in [9.17, 15) is 9.59 Å². The van der Waals surface area contributed by atoms with Crippen molar-refractivity contribution in [2.75, 3.05) is 18.6 Å². The van der Waals surface area contributed by atoms with Gasteiger partial charge in [0.05, 0.1) is 12.6 Å². The van der Waals surface area contributed by atoms with Gasteiger partial charge in [-0.25, -0.2) is 9.78 Å². The summed E-state index contributed by atoms with van der Waals surface area (Å²) in [6.07, 6.45) is 5.02. The van der Waals surface area contributed by atoms with Crippen molar-refractivity contribution in [3.63, 3.8) is 0 Å². The van der Waals surface area contributed by atoms with Gasteiger partial charge in [-0.3, -0.25) is 0 Å². The molecule has 0 atom stereocenters. The summed E-state index contributed by atoms with van der Waals surface area (Å²) in [6.45, 7) is 2.70. The molecular weight excluding hydrogens is 428 g/mol. The van der Waals surface area contributed by atoms with Gasteiger partial charge in [-0.05, 0) is 60.6 Å². The Morgan fingerprint density at radius 3 is 2.79 bits per heavy atom.